The summed E-state index contributed by atoms with van der Waals surface area (Å²) < 4.78 is 5.16. The first kappa shape index (κ1) is 13.1. The summed E-state index contributed by atoms with van der Waals surface area (Å²) in [6.45, 7) is 0. The Morgan fingerprint density at radius 1 is 1.19 bits per heavy atom. The lowest BCUT2D eigenvalue weighted by Gasteiger charge is -2.05. The Kier molecular flexibility index (Phi) is 3.51. The van der Waals surface area contributed by atoms with E-state index in [1.54, 1.807) is 13.3 Å². The van der Waals surface area contributed by atoms with Gasteiger partial charge in [0.05, 0.1) is 12.8 Å². The number of hydrogen-bond acceptors (Lipinski definition) is 5. The molecule has 0 fully saturated rings. The summed E-state index contributed by atoms with van der Waals surface area (Å²) in [5.74, 6) is 1.28. The second kappa shape index (κ2) is 5.62. The van der Waals surface area contributed by atoms with Gasteiger partial charge in [0, 0.05) is 18.2 Å². The third kappa shape index (κ3) is 2.69. The lowest BCUT2D eigenvalue weighted by atomic mass is 10.0. The number of methoxy groups -OCH3 is 1. The second-order valence-electron chi connectivity index (χ2n) is 4.60. The van der Waals surface area contributed by atoms with Crippen molar-refractivity contribution in [2.75, 3.05) is 12.8 Å². The van der Waals surface area contributed by atoms with E-state index < -0.39 is 0 Å². The van der Waals surface area contributed by atoms with Crippen LogP contribution in [-0.2, 0) is 6.42 Å². The average molecular weight is 281 g/mol. The third-order valence-electron chi connectivity index (χ3n) is 3.25. The second-order valence-corrected chi connectivity index (χ2v) is 4.60. The highest BCUT2D eigenvalue weighted by Gasteiger charge is 2.13. The number of benzene rings is 1. The summed E-state index contributed by atoms with van der Waals surface area (Å²) in [5.41, 5.74) is 9.46. The van der Waals surface area contributed by atoms with Crippen LogP contribution >= 0.6 is 0 Å². The van der Waals surface area contributed by atoms with Gasteiger partial charge in [-0.3, -0.25) is 5.10 Å². The van der Waals surface area contributed by atoms with E-state index in [2.05, 4.69) is 20.4 Å². The maximum absolute atomic E-state index is 5.90. The first-order chi connectivity index (χ1) is 10.3. The standard InChI is InChI=1S/C15H15N5O/c1-21-11-6-4-10(5-7-11)9-13-14(19-20-18-13)12-3-2-8-17-15(12)16/h2-8H,9H2,1H3,(H2,16,17)(H,18,19,20). The molecule has 3 N–H and O–H groups in total. The minimum absolute atomic E-state index is 0.447. The number of aromatic nitrogens is 4. The van der Waals surface area contributed by atoms with Crippen LogP contribution in [0, 0.1) is 0 Å². The largest absolute Gasteiger partial charge is 0.497 e. The Balaban J connectivity index is 1.90. The van der Waals surface area contributed by atoms with E-state index in [1.165, 1.54) is 0 Å². The molecule has 0 atom stereocenters. The van der Waals surface area contributed by atoms with E-state index >= 15 is 0 Å². The van der Waals surface area contributed by atoms with E-state index in [-0.39, 0.29) is 0 Å². The van der Waals surface area contributed by atoms with E-state index in [0.29, 0.717) is 12.2 Å². The van der Waals surface area contributed by atoms with Gasteiger partial charge in [-0.1, -0.05) is 17.3 Å². The molecule has 0 amide bonds. The van der Waals surface area contributed by atoms with Crippen molar-refractivity contribution in [3.63, 3.8) is 0 Å². The highest BCUT2D eigenvalue weighted by atomic mass is 16.5. The Morgan fingerprint density at radius 2 is 2.00 bits per heavy atom. The van der Waals surface area contributed by atoms with Gasteiger partial charge in [0.25, 0.3) is 0 Å². The number of nitrogens with zero attached hydrogens (tertiary/aromatic N) is 3. The zero-order valence-corrected chi connectivity index (χ0v) is 11.6. The molecule has 0 aliphatic carbocycles. The van der Waals surface area contributed by atoms with E-state index in [4.69, 9.17) is 10.5 Å². The van der Waals surface area contributed by atoms with Gasteiger partial charge in [-0.05, 0) is 29.8 Å². The van der Waals surface area contributed by atoms with Gasteiger partial charge in [-0.15, -0.1) is 5.10 Å². The lowest BCUT2D eigenvalue weighted by molar-refractivity contribution is 0.414. The number of aromatic amines is 1. The van der Waals surface area contributed by atoms with Crippen LogP contribution in [0.25, 0.3) is 11.3 Å². The van der Waals surface area contributed by atoms with Crippen molar-refractivity contribution in [1.82, 2.24) is 20.4 Å². The fraction of sp³-hybridized carbons (Fsp3) is 0.133. The van der Waals surface area contributed by atoms with Gasteiger partial charge >= 0.3 is 0 Å². The van der Waals surface area contributed by atoms with Crippen LogP contribution < -0.4 is 10.5 Å². The van der Waals surface area contributed by atoms with Crippen LogP contribution in [-0.4, -0.2) is 27.5 Å². The molecule has 0 spiro atoms. The van der Waals surface area contributed by atoms with Crippen LogP contribution in [0.15, 0.2) is 42.6 Å². The Bertz CT molecular complexity index is 736. The van der Waals surface area contributed by atoms with Gasteiger partial charge in [0.15, 0.2) is 0 Å². The quantitative estimate of drug-likeness (QED) is 0.764. The normalized spacial score (nSPS) is 10.5. The Morgan fingerprint density at radius 3 is 2.71 bits per heavy atom. The van der Waals surface area contributed by atoms with Crippen molar-refractivity contribution in [1.29, 1.82) is 0 Å². The molecule has 0 aliphatic heterocycles. The van der Waals surface area contributed by atoms with Gasteiger partial charge in [0.1, 0.15) is 17.3 Å². The molecular formula is C15H15N5O. The molecule has 3 aromatic rings. The molecule has 0 saturated heterocycles. The molecule has 0 saturated carbocycles. The van der Waals surface area contributed by atoms with Crippen molar-refractivity contribution < 1.29 is 4.74 Å². The number of H-pyrrole nitrogens is 1. The monoisotopic (exact) mass is 281 g/mol. The van der Waals surface area contributed by atoms with Crippen LogP contribution in [0.5, 0.6) is 5.75 Å². The molecule has 6 heteroatoms. The predicted molar refractivity (Wildman–Crippen MR) is 79.8 cm³/mol. The molecule has 0 radical (unpaired) electrons. The molecule has 2 aromatic heterocycles. The highest BCUT2D eigenvalue weighted by molar-refractivity contribution is 5.72. The smallest absolute Gasteiger partial charge is 0.132 e. The molecule has 2 heterocycles. The minimum Gasteiger partial charge on any atom is -0.497 e. The predicted octanol–water partition coefficient (Wildman–Crippen LogP) is 2.05. The summed E-state index contributed by atoms with van der Waals surface area (Å²) in [6, 6.07) is 11.6. The van der Waals surface area contributed by atoms with Crippen molar-refractivity contribution in [2.45, 2.75) is 6.42 Å². The van der Waals surface area contributed by atoms with E-state index in [9.17, 15) is 0 Å². The minimum atomic E-state index is 0.447. The zero-order chi connectivity index (χ0) is 14.7. The summed E-state index contributed by atoms with van der Waals surface area (Å²) in [6.07, 6.45) is 2.34. The lowest BCUT2D eigenvalue weighted by Crippen LogP contribution is -1.97. The molecule has 106 valence electrons. The maximum atomic E-state index is 5.90. The molecule has 0 unspecified atom stereocenters. The van der Waals surface area contributed by atoms with Gasteiger partial charge in [-0.25, -0.2) is 4.98 Å². The molecule has 1 aromatic carbocycles. The summed E-state index contributed by atoms with van der Waals surface area (Å²) in [4.78, 5) is 4.09. The SMILES string of the molecule is COc1ccc(Cc2[nH]nnc2-c2cccnc2N)cc1. The van der Waals surface area contributed by atoms with Crippen LogP contribution in [0.2, 0.25) is 0 Å². The summed E-state index contributed by atoms with van der Waals surface area (Å²) in [7, 11) is 1.65. The molecule has 3 rings (SSSR count). The number of rotatable bonds is 4. The van der Waals surface area contributed by atoms with Crippen molar-refractivity contribution in [3.05, 3.63) is 53.9 Å². The molecule has 6 nitrogen and oxygen atoms in total. The molecule has 0 aliphatic rings. The first-order valence-corrected chi connectivity index (χ1v) is 6.51. The number of hydrogen-bond donors (Lipinski definition) is 2. The average Bonchev–Trinajstić information content (AvgIpc) is 2.96. The van der Waals surface area contributed by atoms with Gasteiger partial charge in [0.2, 0.25) is 0 Å². The topological polar surface area (TPSA) is 89.7 Å². The molecule has 0 bridgehead atoms. The van der Waals surface area contributed by atoms with E-state index in [0.717, 1.165) is 28.3 Å². The Labute approximate surface area is 122 Å². The van der Waals surface area contributed by atoms with Crippen molar-refractivity contribution in [3.8, 4) is 17.0 Å². The van der Waals surface area contributed by atoms with E-state index in [1.807, 2.05) is 36.4 Å². The Hall–Kier alpha value is -2.89. The van der Waals surface area contributed by atoms with Crippen LogP contribution in [0.4, 0.5) is 5.82 Å². The number of nitrogen functional groups attached to an aromatic ring is 1. The third-order valence-corrected chi connectivity index (χ3v) is 3.25. The number of nitrogens with two attached hydrogens (primary N) is 1. The first-order valence-electron chi connectivity index (χ1n) is 6.51. The number of ether oxygens (including phenoxy) is 1. The van der Waals surface area contributed by atoms with Crippen molar-refractivity contribution in [2.24, 2.45) is 0 Å². The maximum Gasteiger partial charge on any atom is 0.132 e. The zero-order valence-electron chi connectivity index (χ0n) is 11.6. The summed E-state index contributed by atoms with van der Waals surface area (Å²) in [5, 5.41) is 10.9. The van der Waals surface area contributed by atoms with Gasteiger partial charge < -0.3 is 10.5 Å². The molecular weight excluding hydrogens is 266 g/mol. The van der Waals surface area contributed by atoms with Crippen LogP contribution in [0.3, 0.4) is 0 Å². The highest BCUT2D eigenvalue weighted by Crippen LogP contribution is 2.25. The van der Waals surface area contributed by atoms with Crippen LogP contribution in [0.1, 0.15) is 11.3 Å². The number of anilines is 1. The fourth-order valence-electron chi connectivity index (χ4n) is 2.15. The fourth-order valence-corrected chi connectivity index (χ4v) is 2.15. The van der Waals surface area contributed by atoms with Gasteiger partial charge in [-0.2, -0.15) is 0 Å². The number of pyridine rings is 1. The summed E-state index contributed by atoms with van der Waals surface area (Å²) >= 11 is 0. The number of nitrogens with one attached hydrogen (secondary N) is 1. The molecule has 21 heavy (non-hydrogen) atoms. The van der Waals surface area contributed by atoms with Crippen molar-refractivity contribution >= 4 is 5.82 Å².